The fourth-order valence-corrected chi connectivity index (χ4v) is 4.32. The van der Waals surface area contributed by atoms with Crippen molar-refractivity contribution in [1.82, 2.24) is 19.8 Å². The molecule has 0 saturated heterocycles. The first-order chi connectivity index (χ1) is 16.7. The van der Waals surface area contributed by atoms with Gasteiger partial charge in [-0.3, -0.25) is 19.1 Å². The molecule has 3 rings (SSSR count). The number of aromatic nitrogens is 2. The summed E-state index contributed by atoms with van der Waals surface area (Å²) in [4.78, 5) is 65.0. The molecule has 2 aromatic rings. The molecule has 11 heteroatoms. The van der Waals surface area contributed by atoms with Gasteiger partial charge < -0.3 is 20.1 Å². The Labute approximate surface area is 201 Å². The van der Waals surface area contributed by atoms with E-state index in [0.29, 0.717) is 12.8 Å². The van der Waals surface area contributed by atoms with Gasteiger partial charge in [-0.15, -0.1) is 0 Å². The van der Waals surface area contributed by atoms with Crippen LogP contribution in [0.4, 0.5) is 4.79 Å². The highest BCUT2D eigenvalue weighted by Gasteiger charge is 2.47. The summed E-state index contributed by atoms with van der Waals surface area (Å²) >= 11 is 0. The van der Waals surface area contributed by atoms with Crippen molar-refractivity contribution in [2.45, 2.75) is 57.7 Å². The molecule has 0 unspecified atom stereocenters. The maximum Gasteiger partial charge on any atom is 0.407 e. The Morgan fingerprint density at radius 3 is 2.49 bits per heavy atom. The number of nitrogens with one attached hydrogen (secondary N) is 2. The Kier molecular flexibility index (Phi) is 8.45. The van der Waals surface area contributed by atoms with Crippen LogP contribution in [0.1, 0.15) is 43.2 Å². The number of carbonyl (C=O) groups is 3. The van der Waals surface area contributed by atoms with Crippen LogP contribution in [0.3, 0.4) is 0 Å². The number of hydrogen-bond acceptors (Lipinski definition) is 6. The maximum atomic E-state index is 13.3. The van der Waals surface area contributed by atoms with Crippen molar-refractivity contribution < 1.29 is 24.2 Å². The van der Waals surface area contributed by atoms with Crippen LogP contribution in [0.15, 0.2) is 46.1 Å². The molecule has 1 aliphatic rings. The average molecular weight is 487 g/mol. The first kappa shape index (κ1) is 25.7. The Morgan fingerprint density at radius 1 is 1.14 bits per heavy atom. The molecule has 188 valence electrons. The number of rotatable bonds is 9. The van der Waals surface area contributed by atoms with E-state index in [1.165, 1.54) is 18.0 Å². The van der Waals surface area contributed by atoms with E-state index in [0.717, 1.165) is 16.6 Å². The van der Waals surface area contributed by atoms with Crippen LogP contribution in [-0.2, 0) is 27.5 Å². The Morgan fingerprint density at radius 2 is 1.83 bits per heavy atom. The van der Waals surface area contributed by atoms with Crippen molar-refractivity contribution in [3.8, 4) is 0 Å². The zero-order chi connectivity index (χ0) is 25.4. The molecule has 0 aliphatic heterocycles. The second kappa shape index (κ2) is 11.5. The van der Waals surface area contributed by atoms with Gasteiger partial charge in [-0.2, -0.15) is 0 Å². The number of hydrogen-bond donors (Lipinski definition) is 3. The van der Waals surface area contributed by atoms with Gasteiger partial charge in [-0.1, -0.05) is 49.6 Å². The summed E-state index contributed by atoms with van der Waals surface area (Å²) in [5.41, 5.74) is -1.69. The molecule has 1 saturated carbocycles. The fourth-order valence-electron chi connectivity index (χ4n) is 4.32. The minimum Gasteiger partial charge on any atom is -0.479 e. The molecule has 35 heavy (non-hydrogen) atoms. The number of aliphatic carboxylic acids is 1. The number of aromatic amines is 1. The lowest BCUT2D eigenvalue weighted by molar-refractivity contribution is -0.162. The maximum absolute atomic E-state index is 13.3. The second-order valence-electron chi connectivity index (χ2n) is 8.63. The van der Waals surface area contributed by atoms with E-state index >= 15 is 0 Å². The van der Waals surface area contributed by atoms with Gasteiger partial charge in [0.1, 0.15) is 18.7 Å². The first-order valence-corrected chi connectivity index (χ1v) is 11.5. The van der Waals surface area contributed by atoms with Gasteiger partial charge in [-0.05, 0) is 25.3 Å². The topological polar surface area (TPSA) is 151 Å². The number of H-pyrrole nitrogens is 1. The highest BCUT2D eigenvalue weighted by atomic mass is 16.5. The number of amides is 2. The molecule has 1 aromatic carbocycles. The SMILES string of the molecule is Cc1cn(CC(=O)N(CCNC(=O)OCc2ccccc2)C2(C(=O)O)CCCCC2)c(=O)[nH]c1=O. The number of benzene rings is 1. The molecular formula is C24H30N4O7. The van der Waals surface area contributed by atoms with Crippen molar-refractivity contribution >= 4 is 18.0 Å². The lowest BCUT2D eigenvalue weighted by atomic mass is 9.80. The predicted octanol–water partition coefficient (Wildman–Crippen LogP) is 1.39. The molecule has 1 aliphatic carbocycles. The third-order valence-electron chi connectivity index (χ3n) is 6.21. The van der Waals surface area contributed by atoms with Crippen molar-refractivity contribution in [2.24, 2.45) is 0 Å². The van der Waals surface area contributed by atoms with Gasteiger partial charge in [0.2, 0.25) is 5.91 Å². The van der Waals surface area contributed by atoms with E-state index in [2.05, 4.69) is 10.3 Å². The number of carbonyl (C=O) groups excluding carboxylic acids is 2. The van der Waals surface area contributed by atoms with Crippen LogP contribution >= 0.6 is 0 Å². The van der Waals surface area contributed by atoms with Gasteiger partial charge in [-0.25, -0.2) is 14.4 Å². The summed E-state index contributed by atoms with van der Waals surface area (Å²) < 4.78 is 6.22. The summed E-state index contributed by atoms with van der Waals surface area (Å²) in [6, 6.07) is 9.12. The largest absolute Gasteiger partial charge is 0.479 e. The van der Waals surface area contributed by atoms with Gasteiger partial charge in [0.25, 0.3) is 5.56 Å². The molecule has 2 amide bonds. The van der Waals surface area contributed by atoms with E-state index in [4.69, 9.17) is 4.74 Å². The number of aryl methyl sites for hydroxylation is 1. The minimum absolute atomic E-state index is 0.0338. The molecule has 0 bridgehead atoms. The summed E-state index contributed by atoms with van der Waals surface area (Å²) in [5, 5.41) is 12.7. The molecule has 0 spiro atoms. The highest BCUT2D eigenvalue weighted by molar-refractivity contribution is 5.87. The summed E-state index contributed by atoms with van der Waals surface area (Å²) in [6.07, 6.45) is 3.25. The van der Waals surface area contributed by atoms with E-state index in [1.54, 1.807) is 0 Å². The molecule has 0 atom stereocenters. The highest BCUT2D eigenvalue weighted by Crippen LogP contribution is 2.34. The van der Waals surface area contributed by atoms with Crippen LogP contribution in [0.2, 0.25) is 0 Å². The van der Waals surface area contributed by atoms with E-state index in [-0.39, 0.29) is 38.1 Å². The molecule has 11 nitrogen and oxygen atoms in total. The van der Waals surface area contributed by atoms with Gasteiger partial charge in [0.05, 0.1) is 0 Å². The number of carboxylic acids is 1. The Bertz CT molecular complexity index is 1170. The van der Waals surface area contributed by atoms with Crippen LogP contribution in [-0.4, -0.2) is 56.2 Å². The monoisotopic (exact) mass is 486 g/mol. The summed E-state index contributed by atoms with van der Waals surface area (Å²) in [6.45, 7) is 1.02. The van der Waals surface area contributed by atoms with Crippen LogP contribution in [0.25, 0.3) is 0 Å². The lowest BCUT2D eigenvalue weighted by Crippen LogP contribution is -2.60. The average Bonchev–Trinajstić information content (AvgIpc) is 2.84. The Balaban J connectivity index is 1.73. The van der Waals surface area contributed by atoms with Gasteiger partial charge >= 0.3 is 17.8 Å². The predicted molar refractivity (Wildman–Crippen MR) is 126 cm³/mol. The number of alkyl carbamates (subject to hydrolysis) is 1. The quantitative estimate of drug-likeness (QED) is 0.484. The molecule has 3 N–H and O–H groups in total. The standard InChI is InChI=1S/C24H30N4O7/c1-17-14-27(22(33)26-20(17)30)15-19(29)28(24(21(31)32)10-6-3-7-11-24)13-12-25-23(34)35-16-18-8-4-2-5-9-18/h2,4-5,8-9,14H,3,6-7,10-13,15-16H2,1H3,(H,25,34)(H,31,32)(H,26,30,33). The first-order valence-electron chi connectivity index (χ1n) is 11.5. The third-order valence-corrected chi connectivity index (χ3v) is 6.21. The summed E-state index contributed by atoms with van der Waals surface area (Å²) in [5.74, 6) is -1.72. The second-order valence-corrected chi connectivity index (χ2v) is 8.63. The Hall–Kier alpha value is -3.89. The number of ether oxygens (including phenoxy) is 1. The third kappa shape index (κ3) is 6.37. The van der Waals surface area contributed by atoms with Crippen LogP contribution in [0.5, 0.6) is 0 Å². The molecule has 1 heterocycles. The van der Waals surface area contributed by atoms with Crippen molar-refractivity contribution in [3.05, 3.63) is 68.5 Å². The van der Waals surface area contributed by atoms with Gasteiger partial charge in [0.15, 0.2) is 0 Å². The van der Waals surface area contributed by atoms with E-state index in [9.17, 15) is 29.1 Å². The van der Waals surface area contributed by atoms with E-state index in [1.807, 2.05) is 30.3 Å². The van der Waals surface area contributed by atoms with Crippen LogP contribution < -0.4 is 16.6 Å². The molecule has 1 aromatic heterocycles. The van der Waals surface area contributed by atoms with Crippen LogP contribution in [0, 0.1) is 6.92 Å². The van der Waals surface area contributed by atoms with E-state index < -0.39 is 41.3 Å². The number of carboxylic acid groups (broad SMARTS) is 1. The van der Waals surface area contributed by atoms with Crippen molar-refractivity contribution in [1.29, 1.82) is 0 Å². The normalized spacial score (nSPS) is 14.7. The summed E-state index contributed by atoms with van der Waals surface area (Å²) in [7, 11) is 0. The zero-order valence-electron chi connectivity index (χ0n) is 19.6. The molecule has 0 radical (unpaired) electrons. The van der Waals surface area contributed by atoms with Crippen molar-refractivity contribution in [2.75, 3.05) is 13.1 Å². The zero-order valence-corrected chi connectivity index (χ0v) is 19.6. The molecular weight excluding hydrogens is 456 g/mol. The fraction of sp³-hybridized carbons (Fsp3) is 0.458. The lowest BCUT2D eigenvalue weighted by Gasteiger charge is -2.43. The minimum atomic E-state index is -1.44. The smallest absolute Gasteiger partial charge is 0.407 e. The van der Waals surface area contributed by atoms with Crippen molar-refractivity contribution in [3.63, 3.8) is 0 Å². The molecule has 1 fully saturated rings. The van der Waals surface area contributed by atoms with Gasteiger partial charge in [0, 0.05) is 24.8 Å². The number of nitrogens with zero attached hydrogens (tertiary/aromatic N) is 2.